The highest BCUT2D eigenvalue weighted by Crippen LogP contribution is 2.29. The SMILES string of the molecule is COC1CCN(c2ccc(C=O)cc2Cl)C1. The van der Waals surface area contributed by atoms with Crippen molar-refractivity contribution in [3.05, 3.63) is 28.8 Å². The van der Waals surface area contributed by atoms with E-state index in [9.17, 15) is 4.79 Å². The third-order valence-corrected chi connectivity index (χ3v) is 3.23. The minimum atomic E-state index is 0.279. The van der Waals surface area contributed by atoms with Gasteiger partial charge in [0.2, 0.25) is 0 Å². The standard InChI is InChI=1S/C12H14ClNO2/c1-16-10-4-5-14(7-10)12-3-2-9(8-15)6-11(12)13/h2-3,6,8,10H,4-5,7H2,1H3. The first kappa shape index (κ1) is 11.4. The van der Waals surface area contributed by atoms with Gasteiger partial charge in [-0.3, -0.25) is 4.79 Å². The van der Waals surface area contributed by atoms with E-state index in [2.05, 4.69) is 4.90 Å². The fourth-order valence-corrected chi connectivity index (χ4v) is 2.30. The van der Waals surface area contributed by atoms with E-state index in [0.29, 0.717) is 10.6 Å². The van der Waals surface area contributed by atoms with Crippen molar-refractivity contribution in [1.29, 1.82) is 0 Å². The normalized spacial score (nSPS) is 20.1. The Labute approximate surface area is 100.0 Å². The van der Waals surface area contributed by atoms with E-state index in [1.165, 1.54) is 0 Å². The summed E-state index contributed by atoms with van der Waals surface area (Å²) in [5.41, 5.74) is 1.59. The summed E-state index contributed by atoms with van der Waals surface area (Å²) >= 11 is 6.14. The number of carbonyl (C=O) groups is 1. The largest absolute Gasteiger partial charge is 0.380 e. The molecule has 0 N–H and O–H groups in total. The van der Waals surface area contributed by atoms with Crippen molar-refractivity contribution in [2.24, 2.45) is 0 Å². The Bertz CT molecular complexity index is 395. The predicted octanol–water partition coefficient (Wildman–Crippen LogP) is 2.38. The molecule has 2 rings (SSSR count). The lowest BCUT2D eigenvalue weighted by molar-refractivity contribution is 0.112. The molecular formula is C12H14ClNO2. The second kappa shape index (κ2) is 4.85. The second-order valence-electron chi connectivity index (χ2n) is 3.92. The van der Waals surface area contributed by atoms with Crippen molar-refractivity contribution in [1.82, 2.24) is 0 Å². The number of methoxy groups -OCH3 is 1. The molecule has 0 radical (unpaired) electrons. The Morgan fingerprint density at radius 3 is 2.94 bits per heavy atom. The first-order chi connectivity index (χ1) is 7.74. The van der Waals surface area contributed by atoms with Gasteiger partial charge in [0.25, 0.3) is 0 Å². The Hall–Kier alpha value is -1.06. The minimum absolute atomic E-state index is 0.279. The summed E-state index contributed by atoms with van der Waals surface area (Å²) in [5, 5.41) is 0.626. The zero-order valence-electron chi connectivity index (χ0n) is 9.15. The summed E-state index contributed by atoms with van der Waals surface area (Å²) in [5.74, 6) is 0. The Morgan fingerprint density at radius 2 is 2.38 bits per heavy atom. The third-order valence-electron chi connectivity index (χ3n) is 2.93. The molecule has 1 fully saturated rings. The Kier molecular flexibility index (Phi) is 3.46. The number of halogens is 1. The molecule has 0 aromatic heterocycles. The summed E-state index contributed by atoms with van der Waals surface area (Å²) in [6.45, 7) is 1.80. The van der Waals surface area contributed by atoms with E-state index in [1.54, 1.807) is 19.2 Å². The van der Waals surface area contributed by atoms with Gasteiger partial charge in [-0.2, -0.15) is 0 Å². The molecule has 4 heteroatoms. The molecule has 16 heavy (non-hydrogen) atoms. The summed E-state index contributed by atoms with van der Waals surface area (Å²) < 4.78 is 5.31. The van der Waals surface area contributed by atoms with Gasteiger partial charge >= 0.3 is 0 Å². The van der Waals surface area contributed by atoms with E-state index >= 15 is 0 Å². The van der Waals surface area contributed by atoms with Crippen molar-refractivity contribution < 1.29 is 9.53 Å². The number of benzene rings is 1. The molecule has 0 bridgehead atoms. The van der Waals surface area contributed by atoms with Gasteiger partial charge < -0.3 is 9.64 Å². The summed E-state index contributed by atoms with van der Waals surface area (Å²) in [7, 11) is 1.73. The number of ether oxygens (including phenoxy) is 1. The molecule has 1 saturated heterocycles. The second-order valence-corrected chi connectivity index (χ2v) is 4.33. The van der Waals surface area contributed by atoms with E-state index in [4.69, 9.17) is 16.3 Å². The van der Waals surface area contributed by atoms with Crippen LogP contribution in [0.1, 0.15) is 16.8 Å². The zero-order valence-corrected chi connectivity index (χ0v) is 9.91. The highest BCUT2D eigenvalue weighted by molar-refractivity contribution is 6.33. The smallest absolute Gasteiger partial charge is 0.150 e. The fraction of sp³-hybridized carbons (Fsp3) is 0.417. The lowest BCUT2D eigenvalue weighted by Crippen LogP contribution is -2.22. The van der Waals surface area contributed by atoms with Crippen LogP contribution in [0.5, 0.6) is 0 Å². The quantitative estimate of drug-likeness (QED) is 0.759. The van der Waals surface area contributed by atoms with E-state index in [1.807, 2.05) is 6.07 Å². The monoisotopic (exact) mass is 239 g/mol. The number of rotatable bonds is 3. The molecule has 1 heterocycles. The van der Waals surface area contributed by atoms with Gasteiger partial charge in [0.15, 0.2) is 0 Å². The van der Waals surface area contributed by atoms with Gasteiger partial charge in [-0.15, -0.1) is 0 Å². The molecule has 1 aromatic rings. The van der Waals surface area contributed by atoms with Crippen molar-refractivity contribution in [2.45, 2.75) is 12.5 Å². The van der Waals surface area contributed by atoms with Crippen LogP contribution in [0.25, 0.3) is 0 Å². The van der Waals surface area contributed by atoms with E-state index < -0.39 is 0 Å². The van der Waals surface area contributed by atoms with Crippen LogP contribution in [0.4, 0.5) is 5.69 Å². The maximum Gasteiger partial charge on any atom is 0.150 e. The van der Waals surface area contributed by atoms with Crippen LogP contribution in [0.15, 0.2) is 18.2 Å². The highest BCUT2D eigenvalue weighted by Gasteiger charge is 2.23. The summed E-state index contributed by atoms with van der Waals surface area (Å²) in [4.78, 5) is 12.8. The van der Waals surface area contributed by atoms with Crippen molar-refractivity contribution >= 4 is 23.6 Å². The summed E-state index contributed by atoms with van der Waals surface area (Å²) in [6, 6.07) is 5.38. The molecule has 0 aliphatic carbocycles. The van der Waals surface area contributed by atoms with Crippen LogP contribution < -0.4 is 4.90 Å². The predicted molar refractivity (Wildman–Crippen MR) is 64.5 cm³/mol. The third kappa shape index (κ3) is 2.20. The molecular weight excluding hydrogens is 226 g/mol. The van der Waals surface area contributed by atoms with E-state index in [0.717, 1.165) is 31.5 Å². The van der Waals surface area contributed by atoms with Crippen LogP contribution in [0, 0.1) is 0 Å². The number of hydrogen-bond acceptors (Lipinski definition) is 3. The molecule has 1 aliphatic heterocycles. The highest BCUT2D eigenvalue weighted by atomic mass is 35.5. The molecule has 1 aliphatic rings. The van der Waals surface area contributed by atoms with E-state index in [-0.39, 0.29) is 6.10 Å². The average molecular weight is 240 g/mol. The first-order valence-electron chi connectivity index (χ1n) is 5.27. The molecule has 1 atom stereocenters. The van der Waals surface area contributed by atoms with Gasteiger partial charge in [-0.05, 0) is 24.6 Å². The molecule has 3 nitrogen and oxygen atoms in total. The Morgan fingerprint density at radius 1 is 1.56 bits per heavy atom. The molecule has 0 saturated carbocycles. The van der Waals surface area contributed by atoms with Crippen molar-refractivity contribution in [3.63, 3.8) is 0 Å². The number of aldehydes is 1. The van der Waals surface area contributed by atoms with Gasteiger partial charge in [-0.1, -0.05) is 11.6 Å². The van der Waals surface area contributed by atoms with Gasteiger partial charge in [0.05, 0.1) is 16.8 Å². The van der Waals surface area contributed by atoms with Crippen LogP contribution in [0.2, 0.25) is 5.02 Å². The number of nitrogens with zero attached hydrogens (tertiary/aromatic N) is 1. The fourth-order valence-electron chi connectivity index (χ4n) is 1.99. The number of hydrogen-bond donors (Lipinski definition) is 0. The molecule has 0 amide bonds. The molecule has 1 unspecified atom stereocenters. The van der Waals surface area contributed by atoms with Gasteiger partial charge in [0, 0.05) is 25.8 Å². The molecule has 86 valence electrons. The molecule has 1 aromatic carbocycles. The maximum atomic E-state index is 10.6. The lowest BCUT2D eigenvalue weighted by Gasteiger charge is -2.19. The van der Waals surface area contributed by atoms with Gasteiger partial charge in [-0.25, -0.2) is 0 Å². The summed E-state index contributed by atoms with van der Waals surface area (Å²) in [6.07, 6.45) is 2.10. The number of carbonyl (C=O) groups excluding carboxylic acids is 1. The lowest BCUT2D eigenvalue weighted by atomic mass is 10.2. The van der Waals surface area contributed by atoms with Crippen molar-refractivity contribution in [3.8, 4) is 0 Å². The minimum Gasteiger partial charge on any atom is -0.380 e. The van der Waals surface area contributed by atoms with Gasteiger partial charge in [0.1, 0.15) is 6.29 Å². The van der Waals surface area contributed by atoms with Crippen LogP contribution >= 0.6 is 11.6 Å². The maximum absolute atomic E-state index is 10.6. The first-order valence-corrected chi connectivity index (χ1v) is 5.65. The topological polar surface area (TPSA) is 29.5 Å². The average Bonchev–Trinajstić information content (AvgIpc) is 2.77. The van der Waals surface area contributed by atoms with Crippen LogP contribution in [-0.4, -0.2) is 32.6 Å². The van der Waals surface area contributed by atoms with Crippen molar-refractivity contribution in [2.75, 3.05) is 25.1 Å². The molecule has 0 spiro atoms. The zero-order chi connectivity index (χ0) is 11.5. The van der Waals surface area contributed by atoms with Crippen LogP contribution in [0.3, 0.4) is 0 Å². The Balaban J connectivity index is 2.18. The number of anilines is 1. The van der Waals surface area contributed by atoms with Crippen LogP contribution in [-0.2, 0) is 4.74 Å².